The molecule has 0 amide bonds. The van der Waals surface area contributed by atoms with Crippen molar-refractivity contribution in [2.75, 3.05) is 21.3 Å². The molecule has 2 aromatic carbocycles. The number of methoxy groups -OCH3 is 3. The minimum atomic E-state index is 0.553. The molecule has 132 valence electrons. The van der Waals surface area contributed by atoms with Crippen LogP contribution in [-0.2, 0) is 0 Å². The van der Waals surface area contributed by atoms with Crippen molar-refractivity contribution in [3.8, 4) is 17.2 Å². The molecule has 0 N–H and O–H groups in total. The van der Waals surface area contributed by atoms with Crippen LogP contribution in [0.15, 0.2) is 40.5 Å². The van der Waals surface area contributed by atoms with E-state index in [9.17, 15) is 0 Å². The van der Waals surface area contributed by atoms with Crippen LogP contribution < -0.4 is 14.2 Å². The van der Waals surface area contributed by atoms with E-state index in [2.05, 4.69) is 42.2 Å². The van der Waals surface area contributed by atoms with E-state index in [1.165, 1.54) is 11.1 Å². The second-order valence-corrected chi connectivity index (χ2v) is 5.71. The molecule has 0 saturated carbocycles. The van der Waals surface area contributed by atoms with Crippen molar-refractivity contribution in [3.63, 3.8) is 0 Å². The molecule has 0 radical (unpaired) electrons. The van der Waals surface area contributed by atoms with Crippen LogP contribution in [0, 0.1) is 13.8 Å². The van der Waals surface area contributed by atoms with Crippen molar-refractivity contribution in [2.45, 2.75) is 20.8 Å². The highest BCUT2D eigenvalue weighted by Gasteiger charge is 2.12. The number of rotatable bonds is 6. The molecule has 5 nitrogen and oxygen atoms in total. The van der Waals surface area contributed by atoms with Gasteiger partial charge >= 0.3 is 0 Å². The van der Waals surface area contributed by atoms with Crippen LogP contribution in [0.5, 0.6) is 17.2 Å². The number of hydrogen-bond donors (Lipinski definition) is 0. The molecule has 2 aromatic rings. The van der Waals surface area contributed by atoms with E-state index in [1.807, 2.05) is 19.1 Å². The quantitative estimate of drug-likeness (QED) is 0.586. The summed E-state index contributed by atoms with van der Waals surface area (Å²) in [7, 11) is 4.74. The lowest BCUT2D eigenvalue weighted by Crippen LogP contribution is -1.98. The summed E-state index contributed by atoms with van der Waals surface area (Å²) in [4.78, 5) is 0. The Morgan fingerprint density at radius 2 is 1.56 bits per heavy atom. The van der Waals surface area contributed by atoms with Gasteiger partial charge in [0.15, 0.2) is 11.5 Å². The maximum absolute atomic E-state index is 5.34. The van der Waals surface area contributed by atoms with Crippen molar-refractivity contribution in [1.29, 1.82) is 0 Å². The second kappa shape index (κ2) is 8.33. The molecule has 5 heteroatoms. The van der Waals surface area contributed by atoms with Crippen LogP contribution in [-0.4, -0.2) is 33.3 Å². The summed E-state index contributed by atoms with van der Waals surface area (Å²) in [6, 6.07) is 9.93. The minimum absolute atomic E-state index is 0.553. The Kier molecular flexibility index (Phi) is 6.17. The van der Waals surface area contributed by atoms with Crippen molar-refractivity contribution in [2.24, 2.45) is 10.2 Å². The summed E-state index contributed by atoms with van der Waals surface area (Å²) in [5.74, 6) is 1.72. The number of benzene rings is 2. The van der Waals surface area contributed by atoms with Gasteiger partial charge in [0.2, 0.25) is 5.75 Å². The van der Waals surface area contributed by atoms with E-state index in [4.69, 9.17) is 14.2 Å². The average Bonchev–Trinajstić information content (AvgIpc) is 2.60. The maximum Gasteiger partial charge on any atom is 0.203 e. The van der Waals surface area contributed by atoms with Crippen LogP contribution in [0.25, 0.3) is 0 Å². The van der Waals surface area contributed by atoms with Crippen molar-refractivity contribution >= 4 is 11.9 Å². The highest BCUT2D eigenvalue weighted by molar-refractivity contribution is 6.00. The lowest BCUT2D eigenvalue weighted by molar-refractivity contribution is 0.324. The van der Waals surface area contributed by atoms with Crippen LogP contribution in [0.2, 0.25) is 0 Å². The molecule has 0 aliphatic carbocycles. The van der Waals surface area contributed by atoms with E-state index in [1.54, 1.807) is 27.5 Å². The minimum Gasteiger partial charge on any atom is -0.493 e. The Balaban J connectivity index is 2.29. The summed E-state index contributed by atoms with van der Waals surface area (Å²) >= 11 is 0. The first-order valence-corrected chi connectivity index (χ1v) is 7.95. The highest BCUT2D eigenvalue weighted by atomic mass is 16.5. The standard InChI is InChI=1S/C20H24N2O3/c1-13-7-8-17(14(2)9-13)15(3)22-21-12-16-10-18(23-4)20(25-6)19(11-16)24-5/h7-12H,1-6H3/b21-12?,22-15+. The molecule has 0 saturated heterocycles. The Morgan fingerprint density at radius 3 is 2.08 bits per heavy atom. The molecule has 0 spiro atoms. The normalized spacial score (nSPS) is 11.7. The third kappa shape index (κ3) is 4.38. The van der Waals surface area contributed by atoms with Gasteiger partial charge in [-0.3, -0.25) is 0 Å². The summed E-state index contributed by atoms with van der Waals surface area (Å²) < 4.78 is 16.0. The van der Waals surface area contributed by atoms with Gasteiger partial charge in [-0.25, -0.2) is 0 Å². The molecular formula is C20H24N2O3. The smallest absolute Gasteiger partial charge is 0.203 e. The summed E-state index contributed by atoms with van der Waals surface area (Å²) in [6.07, 6.45) is 1.66. The van der Waals surface area contributed by atoms with E-state index in [0.717, 1.165) is 16.8 Å². The fourth-order valence-electron chi connectivity index (χ4n) is 2.63. The molecule has 2 rings (SSSR count). The zero-order chi connectivity index (χ0) is 18.4. The molecule has 0 unspecified atom stereocenters. The first kappa shape index (κ1) is 18.5. The largest absolute Gasteiger partial charge is 0.493 e. The predicted octanol–water partition coefficient (Wildman–Crippen LogP) is 4.17. The molecule has 0 heterocycles. The second-order valence-electron chi connectivity index (χ2n) is 5.71. The molecule has 0 fully saturated rings. The van der Waals surface area contributed by atoms with Gasteiger partial charge in [-0.15, -0.1) is 0 Å². The fraction of sp³-hybridized carbons (Fsp3) is 0.300. The Morgan fingerprint density at radius 1 is 0.920 bits per heavy atom. The molecule has 25 heavy (non-hydrogen) atoms. The van der Waals surface area contributed by atoms with Crippen LogP contribution >= 0.6 is 0 Å². The van der Waals surface area contributed by atoms with Gasteiger partial charge in [0.25, 0.3) is 0 Å². The third-order valence-corrected chi connectivity index (χ3v) is 3.87. The van der Waals surface area contributed by atoms with Gasteiger partial charge in [0, 0.05) is 11.1 Å². The van der Waals surface area contributed by atoms with E-state index >= 15 is 0 Å². The van der Waals surface area contributed by atoms with Gasteiger partial charge in [0.1, 0.15) is 0 Å². The molecule has 0 bridgehead atoms. The van der Waals surface area contributed by atoms with Crippen LogP contribution in [0.4, 0.5) is 0 Å². The van der Waals surface area contributed by atoms with E-state index in [0.29, 0.717) is 17.2 Å². The summed E-state index contributed by atoms with van der Waals surface area (Å²) in [6.45, 7) is 6.10. The van der Waals surface area contributed by atoms with E-state index < -0.39 is 0 Å². The predicted molar refractivity (Wildman–Crippen MR) is 102 cm³/mol. The topological polar surface area (TPSA) is 52.4 Å². The first-order chi connectivity index (χ1) is 12.0. The summed E-state index contributed by atoms with van der Waals surface area (Å²) in [5.41, 5.74) is 5.18. The van der Waals surface area contributed by atoms with Crippen molar-refractivity contribution in [1.82, 2.24) is 0 Å². The molecule has 0 aromatic heterocycles. The van der Waals surface area contributed by atoms with Crippen LogP contribution in [0.1, 0.15) is 29.2 Å². The SMILES string of the molecule is COc1cc(C=N/N=C(\C)c2ccc(C)cc2C)cc(OC)c1OC. The Labute approximate surface area is 149 Å². The van der Waals surface area contributed by atoms with Gasteiger partial charge in [-0.1, -0.05) is 23.8 Å². The Bertz CT molecular complexity index is 786. The zero-order valence-electron chi connectivity index (χ0n) is 15.6. The van der Waals surface area contributed by atoms with Gasteiger partial charge in [-0.2, -0.15) is 10.2 Å². The number of aryl methyl sites for hydroxylation is 2. The summed E-state index contributed by atoms with van der Waals surface area (Å²) in [5, 5.41) is 8.51. The number of nitrogens with zero attached hydrogens (tertiary/aromatic N) is 2. The van der Waals surface area contributed by atoms with Gasteiger partial charge in [-0.05, 0) is 38.5 Å². The number of ether oxygens (including phenoxy) is 3. The van der Waals surface area contributed by atoms with Crippen molar-refractivity contribution in [3.05, 3.63) is 52.6 Å². The molecule has 0 atom stereocenters. The molecule has 0 aliphatic heterocycles. The molecule has 0 aliphatic rings. The van der Waals surface area contributed by atoms with E-state index in [-0.39, 0.29) is 0 Å². The lowest BCUT2D eigenvalue weighted by atomic mass is 10.0. The fourth-order valence-corrected chi connectivity index (χ4v) is 2.63. The lowest BCUT2D eigenvalue weighted by Gasteiger charge is -2.12. The monoisotopic (exact) mass is 340 g/mol. The zero-order valence-corrected chi connectivity index (χ0v) is 15.6. The third-order valence-electron chi connectivity index (χ3n) is 3.87. The maximum atomic E-state index is 5.34. The molecular weight excluding hydrogens is 316 g/mol. The highest BCUT2D eigenvalue weighted by Crippen LogP contribution is 2.37. The van der Waals surface area contributed by atoms with Gasteiger partial charge in [0.05, 0.1) is 33.3 Å². The Hall–Kier alpha value is -2.82. The number of hydrogen-bond acceptors (Lipinski definition) is 5. The van der Waals surface area contributed by atoms with Gasteiger partial charge < -0.3 is 14.2 Å². The van der Waals surface area contributed by atoms with Crippen molar-refractivity contribution < 1.29 is 14.2 Å². The first-order valence-electron chi connectivity index (χ1n) is 7.95. The average molecular weight is 340 g/mol. The van der Waals surface area contributed by atoms with Crippen LogP contribution in [0.3, 0.4) is 0 Å².